The van der Waals surface area contributed by atoms with E-state index in [2.05, 4.69) is 32.7 Å². The van der Waals surface area contributed by atoms with E-state index in [0.29, 0.717) is 12.0 Å². The van der Waals surface area contributed by atoms with Crippen molar-refractivity contribution in [2.24, 2.45) is 5.41 Å². The van der Waals surface area contributed by atoms with E-state index >= 15 is 0 Å². The van der Waals surface area contributed by atoms with Crippen LogP contribution in [0, 0.1) is 5.41 Å². The van der Waals surface area contributed by atoms with E-state index in [0.717, 1.165) is 25.9 Å². The molecule has 2 heteroatoms. The molecule has 0 radical (unpaired) electrons. The first-order valence-corrected chi connectivity index (χ1v) is 5.25. The van der Waals surface area contributed by atoms with E-state index in [1.54, 1.807) is 0 Å². The van der Waals surface area contributed by atoms with E-state index in [1.165, 1.54) is 6.42 Å². The Balaban J connectivity index is 3.35. The average Bonchev–Trinajstić information content (AvgIpc) is 1.94. The quantitative estimate of drug-likeness (QED) is 0.644. The fourth-order valence-electron chi connectivity index (χ4n) is 1.56. The molecule has 1 N–H and O–H groups in total. The van der Waals surface area contributed by atoms with Gasteiger partial charge in [-0.05, 0) is 38.3 Å². The lowest BCUT2D eigenvalue weighted by Crippen LogP contribution is -2.30. The van der Waals surface area contributed by atoms with Crippen molar-refractivity contribution >= 4 is 0 Å². The Kier molecular flexibility index (Phi) is 6.35. The highest BCUT2D eigenvalue weighted by Crippen LogP contribution is 2.14. The van der Waals surface area contributed by atoms with Crippen LogP contribution >= 0.6 is 0 Å². The smallest absolute Gasteiger partial charge is 0.0431 e. The highest BCUT2D eigenvalue weighted by Gasteiger charge is 2.12. The van der Waals surface area contributed by atoms with Gasteiger partial charge in [-0.25, -0.2) is 0 Å². The van der Waals surface area contributed by atoms with Gasteiger partial charge in [-0.1, -0.05) is 20.8 Å². The van der Waals surface area contributed by atoms with Gasteiger partial charge in [0.25, 0.3) is 0 Å². The molecule has 0 heterocycles. The standard InChI is InChI=1S/C11H25NO/c1-11(2,3)10-12(4)8-6-5-7-9-13/h13H,5-10H2,1-4H3. The first-order chi connectivity index (χ1) is 5.95. The van der Waals surface area contributed by atoms with E-state index in [1.807, 2.05) is 0 Å². The lowest BCUT2D eigenvalue weighted by Gasteiger charge is -2.26. The second kappa shape index (κ2) is 6.39. The van der Waals surface area contributed by atoms with Crippen LogP contribution in [0.5, 0.6) is 0 Å². The monoisotopic (exact) mass is 187 g/mol. The van der Waals surface area contributed by atoms with Crippen molar-refractivity contribution in [3.8, 4) is 0 Å². The molecular formula is C11H25NO. The number of hydrogen-bond donors (Lipinski definition) is 1. The van der Waals surface area contributed by atoms with E-state index in [4.69, 9.17) is 5.11 Å². The van der Waals surface area contributed by atoms with Gasteiger partial charge >= 0.3 is 0 Å². The summed E-state index contributed by atoms with van der Waals surface area (Å²) in [6.45, 7) is 9.41. The predicted molar refractivity (Wildman–Crippen MR) is 57.9 cm³/mol. The van der Waals surface area contributed by atoms with Crippen LogP contribution in [-0.4, -0.2) is 36.8 Å². The molecule has 0 aromatic heterocycles. The second-order valence-corrected chi connectivity index (χ2v) is 5.08. The first-order valence-electron chi connectivity index (χ1n) is 5.25. The largest absolute Gasteiger partial charge is 0.396 e. The minimum atomic E-state index is 0.336. The Morgan fingerprint density at radius 1 is 1.08 bits per heavy atom. The van der Waals surface area contributed by atoms with Crippen molar-refractivity contribution in [1.82, 2.24) is 4.90 Å². The van der Waals surface area contributed by atoms with Gasteiger partial charge in [0.15, 0.2) is 0 Å². The van der Waals surface area contributed by atoms with Crippen molar-refractivity contribution in [2.75, 3.05) is 26.7 Å². The maximum atomic E-state index is 8.60. The summed E-state index contributed by atoms with van der Waals surface area (Å²) in [6.07, 6.45) is 3.29. The molecule has 0 amide bonds. The van der Waals surface area contributed by atoms with Crippen LogP contribution in [0.2, 0.25) is 0 Å². The van der Waals surface area contributed by atoms with Gasteiger partial charge in [0, 0.05) is 13.2 Å². The Labute approximate surface area is 82.9 Å². The van der Waals surface area contributed by atoms with Crippen molar-refractivity contribution < 1.29 is 5.11 Å². The second-order valence-electron chi connectivity index (χ2n) is 5.08. The molecule has 0 aromatic rings. The summed E-state index contributed by atoms with van der Waals surface area (Å²) >= 11 is 0. The maximum absolute atomic E-state index is 8.60. The van der Waals surface area contributed by atoms with Crippen LogP contribution in [-0.2, 0) is 0 Å². The van der Waals surface area contributed by atoms with Gasteiger partial charge < -0.3 is 10.0 Å². The van der Waals surface area contributed by atoms with Crippen LogP contribution in [0.1, 0.15) is 40.0 Å². The number of nitrogens with zero attached hydrogens (tertiary/aromatic N) is 1. The highest BCUT2D eigenvalue weighted by atomic mass is 16.2. The molecule has 0 aliphatic heterocycles. The molecule has 0 saturated heterocycles. The molecule has 13 heavy (non-hydrogen) atoms. The summed E-state index contributed by atoms with van der Waals surface area (Å²) in [5.74, 6) is 0. The number of aliphatic hydroxyl groups excluding tert-OH is 1. The molecule has 0 rings (SSSR count). The molecule has 0 spiro atoms. The van der Waals surface area contributed by atoms with Gasteiger partial charge in [-0.2, -0.15) is 0 Å². The molecule has 0 aliphatic rings. The molecule has 0 atom stereocenters. The summed E-state index contributed by atoms with van der Waals surface area (Å²) in [5, 5.41) is 8.60. The van der Waals surface area contributed by atoms with Gasteiger partial charge in [-0.3, -0.25) is 0 Å². The molecular weight excluding hydrogens is 162 g/mol. The lowest BCUT2D eigenvalue weighted by molar-refractivity contribution is 0.219. The molecule has 2 nitrogen and oxygen atoms in total. The number of aliphatic hydroxyl groups is 1. The number of rotatable bonds is 6. The Morgan fingerprint density at radius 2 is 1.69 bits per heavy atom. The fourth-order valence-corrected chi connectivity index (χ4v) is 1.56. The van der Waals surface area contributed by atoms with Crippen molar-refractivity contribution in [1.29, 1.82) is 0 Å². The zero-order valence-electron chi connectivity index (χ0n) is 9.64. The maximum Gasteiger partial charge on any atom is 0.0431 e. The molecule has 80 valence electrons. The van der Waals surface area contributed by atoms with Crippen molar-refractivity contribution in [3.63, 3.8) is 0 Å². The van der Waals surface area contributed by atoms with Crippen LogP contribution in [0.15, 0.2) is 0 Å². The van der Waals surface area contributed by atoms with E-state index in [9.17, 15) is 0 Å². The normalized spacial score (nSPS) is 12.5. The van der Waals surface area contributed by atoms with Crippen molar-refractivity contribution in [2.45, 2.75) is 40.0 Å². The van der Waals surface area contributed by atoms with Crippen LogP contribution in [0.3, 0.4) is 0 Å². The molecule has 0 fully saturated rings. The zero-order valence-corrected chi connectivity index (χ0v) is 9.64. The number of hydrogen-bond acceptors (Lipinski definition) is 2. The third-order valence-corrected chi connectivity index (χ3v) is 1.94. The average molecular weight is 187 g/mol. The minimum Gasteiger partial charge on any atom is -0.396 e. The first kappa shape index (κ1) is 12.9. The third kappa shape index (κ3) is 9.84. The third-order valence-electron chi connectivity index (χ3n) is 1.94. The summed E-state index contributed by atoms with van der Waals surface area (Å²) < 4.78 is 0. The van der Waals surface area contributed by atoms with Crippen LogP contribution < -0.4 is 0 Å². The summed E-state index contributed by atoms with van der Waals surface area (Å²) in [5.41, 5.74) is 0.395. The lowest BCUT2D eigenvalue weighted by atomic mass is 9.96. The molecule has 0 bridgehead atoms. The van der Waals surface area contributed by atoms with E-state index < -0.39 is 0 Å². The van der Waals surface area contributed by atoms with Gasteiger partial charge in [0.05, 0.1) is 0 Å². The van der Waals surface area contributed by atoms with Gasteiger partial charge in [-0.15, -0.1) is 0 Å². The zero-order chi connectivity index (χ0) is 10.3. The summed E-state index contributed by atoms with van der Waals surface area (Å²) in [7, 11) is 2.17. The van der Waals surface area contributed by atoms with Crippen molar-refractivity contribution in [3.05, 3.63) is 0 Å². The Hall–Kier alpha value is -0.0800. The molecule has 0 aromatic carbocycles. The SMILES string of the molecule is CN(CCCCCO)CC(C)(C)C. The Morgan fingerprint density at radius 3 is 2.15 bits per heavy atom. The Bertz CT molecular complexity index is 118. The highest BCUT2D eigenvalue weighted by molar-refractivity contribution is 4.66. The fraction of sp³-hybridized carbons (Fsp3) is 1.00. The molecule has 0 aliphatic carbocycles. The van der Waals surface area contributed by atoms with Crippen LogP contribution in [0.4, 0.5) is 0 Å². The minimum absolute atomic E-state index is 0.336. The molecule has 0 unspecified atom stereocenters. The van der Waals surface area contributed by atoms with E-state index in [-0.39, 0.29) is 0 Å². The van der Waals surface area contributed by atoms with Gasteiger partial charge in [0.1, 0.15) is 0 Å². The summed E-state index contributed by atoms with van der Waals surface area (Å²) in [4.78, 5) is 2.37. The van der Waals surface area contributed by atoms with Gasteiger partial charge in [0.2, 0.25) is 0 Å². The summed E-state index contributed by atoms with van der Waals surface area (Å²) in [6, 6.07) is 0. The van der Waals surface area contributed by atoms with Crippen LogP contribution in [0.25, 0.3) is 0 Å². The molecule has 0 saturated carbocycles. The topological polar surface area (TPSA) is 23.5 Å². The predicted octanol–water partition coefficient (Wildman–Crippen LogP) is 2.13. The number of unbranched alkanes of at least 4 members (excludes halogenated alkanes) is 2.